The molecule has 5 nitrogen and oxygen atoms in total. The lowest BCUT2D eigenvalue weighted by Crippen LogP contribution is -2.29. The van der Waals surface area contributed by atoms with E-state index in [0.717, 1.165) is 6.54 Å². The van der Waals surface area contributed by atoms with Gasteiger partial charge in [0.2, 0.25) is 5.09 Å². The van der Waals surface area contributed by atoms with Crippen LogP contribution < -0.4 is 10.0 Å². The molecule has 0 aliphatic rings. The molecule has 0 fully saturated rings. The van der Waals surface area contributed by atoms with E-state index in [9.17, 15) is 8.42 Å². The lowest BCUT2D eigenvalue weighted by molar-refractivity contribution is 0.394. The molecule has 7 heteroatoms. The lowest BCUT2D eigenvalue weighted by Gasteiger charge is -2.09. The Morgan fingerprint density at radius 1 is 1.25 bits per heavy atom. The lowest BCUT2D eigenvalue weighted by atomic mass is 10.2. The first kappa shape index (κ1) is 17.6. The van der Waals surface area contributed by atoms with Crippen LogP contribution in [0.15, 0.2) is 21.6 Å². The normalized spacial score (nSPS) is 13.8. The first-order chi connectivity index (χ1) is 9.35. The monoisotopic (exact) mass is 320 g/mol. The smallest absolute Gasteiger partial charge is 0.273 e. The zero-order valence-corrected chi connectivity index (χ0v) is 14.1. The van der Waals surface area contributed by atoms with Crippen LogP contribution in [0.25, 0.3) is 0 Å². The van der Waals surface area contributed by atoms with E-state index in [1.807, 2.05) is 13.2 Å². The Balaban J connectivity index is 2.56. The summed E-state index contributed by atoms with van der Waals surface area (Å²) in [5, 5.41) is 3.42. The highest BCUT2D eigenvalue weighted by Gasteiger charge is 2.19. The Labute approximate surface area is 125 Å². The molecule has 1 heterocycles. The van der Waals surface area contributed by atoms with Gasteiger partial charge in [0.15, 0.2) is 0 Å². The van der Waals surface area contributed by atoms with Crippen LogP contribution >= 0.6 is 11.8 Å². The summed E-state index contributed by atoms with van der Waals surface area (Å²) < 4.78 is 32.0. The van der Waals surface area contributed by atoms with Crippen LogP contribution in [0.1, 0.15) is 26.5 Å². The van der Waals surface area contributed by atoms with Crippen LogP contribution in [0.2, 0.25) is 0 Å². The third-order valence-electron chi connectivity index (χ3n) is 2.72. The minimum Gasteiger partial charge on any atom is -0.447 e. The highest BCUT2D eigenvalue weighted by atomic mass is 32.2. The van der Waals surface area contributed by atoms with Crippen LogP contribution in [0.4, 0.5) is 0 Å². The highest BCUT2D eigenvalue weighted by molar-refractivity contribution is 7.99. The van der Waals surface area contributed by atoms with Gasteiger partial charge in [-0.05, 0) is 30.9 Å². The maximum absolute atomic E-state index is 12.0. The Bertz CT molecular complexity index is 497. The number of sulfonamides is 1. The Hall–Kier alpha value is -0.500. The number of furan rings is 1. The van der Waals surface area contributed by atoms with E-state index in [0.29, 0.717) is 24.8 Å². The van der Waals surface area contributed by atoms with Gasteiger partial charge in [-0.15, -0.1) is 0 Å². The first-order valence-electron chi connectivity index (χ1n) is 6.67. The van der Waals surface area contributed by atoms with Gasteiger partial charge < -0.3 is 9.73 Å². The predicted octanol–water partition coefficient (Wildman–Crippen LogP) is 2.05. The molecule has 1 aromatic heterocycles. The van der Waals surface area contributed by atoms with Crippen molar-refractivity contribution < 1.29 is 12.8 Å². The molecule has 0 aromatic carbocycles. The van der Waals surface area contributed by atoms with Gasteiger partial charge in [-0.25, -0.2) is 13.1 Å². The van der Waals surface area contributed by atoms with Crippen molar-refractivity contribution in [2.75, 3.05) is 19.3 Å². The van der Waals surface area contributed by atoms with E-state index >= 15 is 0 Å². The topological polar surface area (TPSA) is 71.3 Å². The average molecular weight is 320 g/mol. The first-order valence-corrected chi connectivity index (χ1v) is 9.44. The van der Waals surface area contributed by atoms with Crippen molar-refractivity contribution in [3.8, 4) is 0 Å². The number of hydrogen-bond donors (Lipinski definition) is 2. The fourth-order valence-corrected chi connectivity index (χ4v) is 2.89. The third-order valence-corrected chi connectivity index (χ3v) is 4.98. The molecular weight excluding hydrogens is 296 g/mol. The zero-order valence-electron chi connectivity index (χ0n) is 12.5. The minimum atomic E-state index is -3.54. The van der Waals surface area contributed by atoms with Crippen LogP contribution in [0.5, 0.6) is 0 Å². The summed E-state index contributed by atoms with van der Waals surface area (Å²) in [5.74, 6) is 1.17. The van der Waals surface area contributed by atoms with Gasteiger partial charge in [0.05, 0.1) is 6.54 Å². The molecule has 0 aliphatic heterocycles. The molecule has 0 amide bonds. The quantitative estimate of drug-likeness (QED) is 0.729. The van der Waals surface area contributed by atoms with E-state index in [1.54, 1.807) is 17.8 Å². The fraction of sp³-hybridized carbons (Fsp3) is 0.692. The molecule has 1 atom stereocenters. The molecule has 0 spiro atoms. The number of rotatable bonds is 9. The molecule has 1 aromatic rings. The summed E-state index contributed by atoms with van der Waals surface area (Å²) >= 11 is 1.61. The number of hydrogen-bond acceptors (Lipinski definition) is 5. The number of thioether (sulfide) groups is 1. The molecule has 0 saturated carbocycles. The van der Waals surface area contributed by atoms with Crippen LogP contribution in [-0.2, 0) is 16.6 Å². The third kappa shape index (κ3) is 5.87. The Kier molecular flexibility index (Phi) is 7.08. The summed E-state index contributed by atoms with van der Waals surface area (Å²) in [4.78, 5) is 0. The van der Waals surface area contributed by atoms with E-state index in [1.165, 1.54) is 6.07 Å². The number of nitrogens with one attached hydrogen (secondary N) is 2. The van der Waals surface area contributed by atoms with E-state index in [-0.39, 0.29) is 10.3 Å². The second-order valence-corrected chi connectivity index (χ2v) is 8.12. The van der Waals surface area contributed by atoms with Crippen molar-refractivity contribution in [3.63, 3.8) is 0 Å². The summed E-state index contributed by atoms with van der Waals surface area (Å²) in [7, 11) is -3.54. The van der Waals surface area contributed by atoms with Crippen molar-refractivity contribution in [1.29, 1.82) is 0 Å². The molecule has 1 rings (SSSR count). The van der Waals surface area contributed by atoms with E-state index < -0.39 is 10.0 Å². The zero-order chi connectivity index (χ0) is 15.2. The standard InChI is InChI=1S/C13H24N2O3S2/c1-10(2)7-14-9-12-5-6-13(18-12)20(16,17)15-8-11(3)19-4/h5-6,10-11,14-15H,7-9H2,1-4H3. The molecule has 0 radical (unpaired) electrons. The van der Waals surface area contributed by atoms with Gasteiger partial charge in [0.1, 0.15) is 5.76 Å². The van der Waals surface area contributed by atoms with Gasteiger partial charge in [0, 0.05) is 11.8 Å². The summed E-state index contributed by atoms with van der Waals surface area (Å²) in [6, 6.07) is 3.19. The fourth-order valence-electron chi connectivity index (χ4n) is 1.46. The highest BCUT2D eigenvalue weighted by Crippen LogP contribution is 2.14. The summed E-state index contributed by atoms with van der Waals surface area (Å²) in [6.45, 7) is 7.99. The average Bonchev–Trinajstić information content (AvgIpc) is 2.85. The maximum atomic E-state index is 12.0. The molecule has 1 unspecified atom stereocenters. The SMILES string of the molecule is CSC(C)CNS(=O)(=O)c1ccc(CNCC(C)C)o1. The van der Waals surface area contributed by atoms with Crippen LogP contribution in [0, 0.1) is 5.92 Å². The predicted molar refractivity (Wildman–Crippen MR) is 83.4 cm³/mol. The minimum absolute atomic E-state index is 0.0212. The van der Waals surface area contributed by atoms with Crippen molar-refractivity contribution in [1.82, 2.24) is 10.0 Å². The van der Waals surface area contributed by atoms with Gasteiger partial charge in [-0.3, -0.25) is 0 Å². The van der Waals surface area contributed by atoms with Gasteiger partial charge >= 0.3 is 0 Å². The van der Waals surface area contributed by atoms with E-state index in [2.05, 4.69) is 23.9 Å². The van der Waals surface area contributed by atoms with Gasteiger partial charge in [0.25, 0.3) is 10.0 Å². The van der Waals surface area contributed by atoms with Crippen LogP contribution in [0.3, 0.4) is 0 Å². The van der Waals surface area contributed by atoms with Crippen molar-refractivity contribution >= 4 is 21.8 Å². The molecule has 0 aliphatic carbocycles. The largest absolute Gasteiger partial charge is 0.447 e. The molecule has 0 bridgehead atoms. The van der Waals surface area contributed by atoms with Crippen LogP contribution in [-0.4, -0.2) is 33.0 Å². The molecule has 0 saturated heterocycles. The van der Waals surface area contributed by atoms with Crippen molar-refractivity contribution in [2.45, 2.75) is 37.7 Å². The molecule has 2 N–H and O–H groups in total. The molecule has 116 valence electrons. The van der Waals surface area contributed by atoms with Crippen molar-refractivity contribution in [2.24, 2.45) is 5.92 Å². The summed E-state index contributed by atoms with van der Waals surface area (Å²) in [6.07, 6.45) is 1.95. The van der Waals surface area contributed by atoms with Gasteiger partial charge in [-0.2, -0.15) is 11.8 Å². The Morgan fingerprint density at radius 3 is 2.55 bits per heavy atom. The van der Waals surface area contributed by atoms with Gasteiger partial charge in [-0.1, -0.05) is 20.8 Å². The summed E-state index contributed by atoms with van der Waals surface area (Å²) in [5.41, 5.74) is 0. The Morgan fingerprint density at radius 2 is 1.95 bits per heavy atom. The maximum Gasteiger partial charge on any atom is 0.273 e. The second kappa shape index (κ2) is 8.07. The molecule has 20 heavy (non-hydrogen) atoms. The molecular formula is C13H24N2O3S2. The van der Waals surface area contributed by atoms with Crippen molar-refractivity contribution in [3.05, 3.63) is 17.9 Å². The second-order valence-electron chi connectivity index (χ2n) is 5.14. The van der Waals surface area contributed by atoms with E-state index in [4.69, 9.17) is 4.42 Å².